The maximum Gasteiger partial charge on any atom is 0.338 e. The number of nitrogens with one attached hydrogen (secondary N) is 1. The molecule has 2 aromatic heterocycles. The Balaban J connectivity index is 1.91. The molecule has 6 nitrogen and oxygen atoms in total. The predicted molar refractivity (Wildman–Crippen MR) is 99.5 cm³/mol. The third-order valence-electron chi connectivity index (χ3n) is 3.90. The van der Waals surface area contributed by atoms with Crippen molar-refractivity contribution in [3.05, 3.63) is 65.4 Å². The molecule has 0 aliphatic carbocycles. The van der Waals surface area contributed by atoms with Crippen molar-refractivity contribution < 1.29 is 18.7 Å². The number of aromatic nitrogens is 2. The fourth-order valence-corrected chi connectivity index (χ4v) is 2.75. The number of nitrogens with zero attached hydrogens (tertiary/aromatic N) is 2. The molecule has 2 heterocycles. The lowest BCUT2D eigenvalue weighted by Crippen LogP contribution is -2.17. The molecule has 0 aliphatic rings. The summed E-state index contributed by atoms with van der Waals surface area (Å²) in [6.45, 7) is 5.40. The van der Waals surface area contributed by atoms with Gasteiger partial charge in [-0.25, -0.2) is 14.2 Å². The van der Waals surface area contributed by atoms with Crippen LogP contribution >= 0.6 is 0 Å². The molecular weight excluding hydrogens is 349 g/mol. The lowest BCUT2D eigenvalue weighted by Gasteiger charge is -2.10. The monoisotopic (exact) mass is 369 g/mol. The van der Waals surface area contributed by atoms with Gasteiger partial charge in [-0.1, -0.05) is 13.0 Å². The van der Waals surface area contributed by atoms with E-state index in [1.165, 1.54) is 28.8 Å². The van der Waals surface area contributed by atoms with Gasteiger partial charge in [-0.15, -0.1) is 0 Å². The number of hydrogen-bond acceptors (Lipinski definition) is 4. The van der Waals surface area contributed by atoms with Crippen molar-refractivity contribution in [2.24, 2.45) is 0 Å². The summed E-state index contributed by atoms with van der Waals surface area (Å²) in [5.41, 5.74) is 2.09. The van der Waals surface area contributed by atoms with Crippen LogP contribution in [0.3, 0.4) is 0 Å². The zero-order chi connectivity index (χ0) is 19.6. The molecule has 1 N–H and O–H groups in total. The molecule has 140 valence electrons. The van der Waals surface area contributed by atoms with Gasteiger partial charge in [0.05, 0.1) is 17.4 Å². The van der Waals surface area contributed by atoms with Gasteiger partial charge in [0, 0.05) is 11.9 Å². The van der Waals surface area contributed by atoms with Crippen molar-refractivity contribution >= 4 is 23.2 Å². The highest BCUT2D eigenvalue weighted by molar-refractivity contribution is 6.05. The third-order valence-corrected chi connectivity index (χ3v) is 3.90. The molecule has 0 unspecified atom stereocenters. The first-order valence-electron chi connectivity index (χ1n) is 8.68. The first-order valence-corrected chi connectivity index (χ1v) is 8.68. The maximum absolute atomic E-state index is 13.6. The minimum atomic E-state index is -0.466. The van der Waals surface area contributed by atoms with Crippen LogP contribution in [-0.2, 0) is 11.2 Å². The van der Waals surface area contributed by atoms with Crippen molar-refractivity contribution in [2.75, 3.05) is 5.32 Å². The van der Waals surface area contributed by atoms with Crippen LogP contribution in [0.25, 0.3) is 5.65 Å². The van der Waals surface area contributed by atoms with Gasteiger partial charge in [-0.3, -0.25) is 9.20 Å². The average molecular weight is 369 g/mol. The SMILES string of the molecule is CCc1nc2ccc(F)cn2c1C(=O)Nc1cccc(C(=O)OC(C)C)c1. The van der Waals surface area contributed by atoms with Crippen LogP contribution in [0.1, 0.15) is 47.3 Å². The largest absolute Gasteiger partial charge is 0.459 e. The molecule has 1 aromatic carbocycles. The predicted octanol–water partition coefficient (Wildman–Crippen LogP) is 3.85. The van der Waals surface area contributed by atoms with E-state index in [0.29, 0.717) is 29.0 Å². The van der Waals surface area contributed by atoms with Gasteiger partial charge in [0.25, 0.3) is 5.91 Å². The Kier molecular flexibility index (Phi) is 5.21. The van der Waals surface area contributed by atoms with E-state index < -0.39 is 17.7 Å². The van der Waals surface area contributed by atoms with Crippen LogP contribution in [0.4, 0.5) is 10.1 Å². The van der Waals surface area contributed by atoms with Crippen LogP contribution in [0.5, 0.6) is 0 Å². The first kappa shape index (κ1) is 18.6. The zero-order valence-corrected chi connectivity index (χ0v) is 15.3. The van der Waals surface area contributed by atoms with Crippen molar-refractivity contribution in [3.8, 4) is 0 Å². The number of halogens is 1. The molecule has 27 heavy (non-hydrogen) atoms. The molecule has 0 fully saturated rings. The minimum Gasteiger partial charge on any atom is -0.459 e. The van der Waals surface area contributed by atoms with E-state index in [2.05, 4.69) is 10.3 Å². The van der Waals surface area contributed by atoms with E-state index >= 15 is 0 Å². The second kappa shape index (κ2) is 7.57. The number of carbonyl (C=O) groups excluding carboxylic acids is 2. The molecule has 0 saturated heterocycles. The van der Waals surface area contributed by atoms with Gasteiger partial charge in [-0.2, -0.15) is 0 Å². The van der Waals surface area contributed by atoms with Gasteiger partial charge in [0.2, 0.25) is 0 Å². The number of imidazole rings is 1. The van der Waals surface area contributed by atoms with Crippen LogP contribution < -0.4 is 5.32 Å². The maximum atomic E-state index is 13.6. The summed E-state index contributed by atoms with van der Waals surface area (Å²) in [4.78, 5) is 29.2. The lowest BCUT2D eigenvalue weighted by molar-refractivity contribution is 0.0377. The molecule has 0 saturated carbocycles. The van der Waals surface area contributed by atoms with Gasteiger partial charge >= 0.3 is 5.97 Å². The third kappa shape index (κ3) is 3.97. The van der Waals surface area contributed by atoms with E-state index in [-0.39, 0.29) is 11.8 Å². The Labute approximate surface area is 156 Å². The molecule has 0 bridgehead atoms. The number of anilines is 1. The van der Waals surface area contributed by atoms with Gasteiger partial charge < -0.3 is 10.1 Å². The van der Waals surface area contributed by atoms with Crippen LogP contribution in [0, 0.1) is 5.82 Å². The number of hydrogen-bond donors (Lipinski definition) is 1. The van der Waals surface area contributed by atoms with Crippen molar-refractivity contribution in [1.29, 1.82) is 0 Å². The summed E-state index contributed by atoms with van der Waals surface area (Å²) in [6, 6.07) is 9.29. The zero-order valence-electron chi connectivity index (χ0n) is 15.3. The number of aryl methyl sites for hydroxylation is 1. The minimum absolute atomic E-state index is 0.240. The standard InChI is InChI=1S/C20H20FN3O3/c1-4-16-18(24-11-14(21)8-9-17(24)23-16)19(25)22-15-7-5-6-13(10-15)20(26)27-12(2)3/h5-12H,4H2,1-3H3,(H,22,25). The lowest BCUT2D eigenvalue weighted by atomic mass is 10.2. The molecule has 3 rings (SSSR count). The quantitative estimate of drug-likeness (QED) is 0.693. The molecule has 7 heteroatoms. The van der Waals surface area contributed by atoms with E-state index in [9.17, 15) is 14.0 Å². The Hall–Kier alpha value is -3.22. The number of fused-ring (bicyclic) bond motifs is 1. The fourth-order valence-electron chi connectivity index (χ4n) is 2.75. The number of benzene rings is 1. The molecule has 0 spiro atoms. The smallest absolute Gasteiger partial charge is 0.338 e. The molecule has 0 radical (unpaired) electrons. The molecule has 0 atom stereocenters. The summed E-state index contributed by atoms with van der Waals surface area (Å²) in [5.74, 6) is -1.36. The summed E-state index contributed by atoms with van der Waals surface area (Å²) in [5, 5.41) is 2.75. The highest BCUT2D eigenvalue weighted by Crippen LogP contribution is 2.18. The Morgan fingerprint density at radius 2 is 2.04 bits per heavy atom. The molecule has 1 amide bonds. The highest BCUT2D eigenvalue weighted by Gasteiger charge is 2.19. The number of carbonyl (C=O) groups is 2. The Morgan fingerprint density at radius 1 is 1.26 bits per heavy atom. The second-order valence-corrected chi connectivity index (χ2v) is 6.33. The van der Waals surface area contributed by atoms with Crippen molar-refractivity contribution in [2.45, 2.75) is 33.3 Å². The van der Waals surface area contributed by atoms with E-state index in [4.69, 9.17) is 4.74 Å². The number of pyridine rings is 1. The van der Waals surface area contributed by atoms with Crippen molar-refractivity contribution in [3.63, 3.8) is 0 Å². The van der Waals surface area contributed by atoms with Gasteiger partial charge in [0.15, 0.2) is 0 Å². The van der Waals surface area contributed by atoms with Gasteiger partial charge in [0.1, 0.15) is 17.2 Å². The Bertz CT molecular complexity index is 1010. The summed E-state index contributed by atoms with van der Waals surface area (Å²) < 4.78 is 20.2. The molecule has 0 aliphatic heterocycles. The number of rotatable bonds is 5. The summed E-state index contributed by atoms with van der Waals surface area (Å²) in [6.07, 6.45) is 1.51. The van der Waals surface area contributed by atoms with Crippen LogP contribution in [-0.4, -0.2) is 27.4 Å². The number of esters is 1. The average Bonchev–Trinajstić information content (AvgIpc) is 2.99. The number of amides is 1. The topological polar surface area (TPSA) is 72.7 Å². The van der Waals surface area contributed by atoms with Crippen LogP contribution in [0.2, 0.25) is 0 Å². The molecule has 3 aromatic rings. The fraction of sp³-hybridized carbons (Fsp3) is 0.250. The normalized spacial score (nSPS) is 11.0. The first-order chi connectivity index (χ1) is 12.9. The van der Waals surface area contributed by atoms with Crippen molar-refractivity contribution in [1.82, 2.24) is 9.38 Å². The second-order valence-electron chi connectivity index (χ2n) is 6.33. The van der Waals surface area contributed by atoms with Gasteiger partial charge in [-0.05, 0) is 50.6 Å². The highest BCUT2D eigenvalue weighted by atomic mass is 19.1. The Morgan fingerprint density at radius 3 is 2.74 bits per heavy atom. The van der Waals surface area contributed by atoms with Crippen LogP contribution in [0.15, 0.2) is 42.6 Å². The van der Waals surface area contributed by atoms with E-state index in [0.717, 1.165) is 0 Å². The summed E-state index contributed by atoms with van der Waals surface area (Å²) in [7, 11) is 0. The number of ether oxygens (including phenoxy) is 1. The summed E-state index contributed by atoms with van der Waals surface area (Å²) >= 11 is 0. The molecular formula is C20H20FN3O3. The van der Waals surface area contributed by atoms with E-state index in [1.807, 2.05) is 6.92 Å². The van der Waals surface area contributed by atoms with E-state index in [1.54, 1.807) is 32.0 Å².